The van der Waals surface area contributed by atoms with Gasteiger partial charge in [0, 0.05) is 11.4 Å². The summed E-state index contributed by atoms with van der Waals surface area (Å²) in [7, 11) is 0. The molecule has 0 spiro atoms. The molecule has 22 heavy (non-hydrogen) atoms. The average molecular weight is 331 g/mol. The van der Waals surface area contributed by atoms with Gasteiger partial charge in [-0.3, -0.25) is 4.79 Å². The van der Waals surface area contributed by atoms with E-state index >= 15 is 0 Å². The number of rotatable bonds is 4. The zero-order valence-corrected chi connectivity index (χ0v) is 12.9. The Morgan fingerprint density at radius 3 is 2.91 bits per heavy atom. The molecule has 0 aliphatic rings. The lowest BCUT2D eigenvalue weighted by molar-refractivity contribution is -0.111. The molecule has 0 unspecified atom stereocenters. The molecule has 0 fully saturated rings. The number of hydrogen-bond donors (Lipinski definition) is 2. The Hall–Kier alpha value is -2.44. The predicted octanol–water partition coefficient (Wildman–Crippen LogP) is 4.21. The summed E-state index contributed by atoms with van der Waals surface area (Å²) < 4.78 is 0.921. The van der Waals surface area contributed by atoms with Gasteiger partial charge in [-0.25, -0.2) is 4.98 Å². The summed E-state index contributed by atoms with van der Waals surface area (Å²) in [4.78, 5) is 19.7. The van der Waals surface area contributed by atoms with Gasteiger partial charge in [-0.1, -0.05) is 12.6 Å². The molecule has 0 radical (unpaired) electrons. The summed E-state index contributed by atoms with van der Waals surface area (Å²) in [5, 5.41) is 8.03. The van der Waals surface area contributed by atoms with E-state index in [0.29, 0.717) is 11.5 Å². The van der Waals surface area contributed by atoms with Crippen molar-refractivity contribution in [2.45, 2.75) is 0 Å². The van der Waals surface area contributed by atoms with Crippen molar-refractivity contribution in [2.24, 2.45) is 0 Å². The van der Waals surface area contributed by atoms with Crippen LogP contribution in [0.15, 0.2) is 48.4 Å². The molecule has 110 valence electrons. The van der Waals surface area contributed by atoms with Crippen LogP contribution in [-0.2, 0) is 4.79 Å². The molecule has 3 aromatic rings. The Bertz CT molecular complexity index is 862. The average Bonchev–Trinajstić information content (AvgIpc) is 2.95. The van der Waals surface area contributed by atoms with Crippen LogP contribution in [0.2, 0.25) is 5.28 Å². The summed E-state index contributed by atoms with van der Waals surface area (Å²) in [6.45, 7) is 3.43. The first kappa shape index (κ1) is 14.5. The number of halogens is 1. The van der Waals surface area contributed by atoms with Gasteiger partial charge in [0.1, 0.15) is 0 Å². The second kappa shape index (κ2) is 6.13. The van der Waals surface area contributed by atoms with Gasteiger partial charge >= 0.3 is 0 Å². The largest absolute Gasteiger partial charge is 0.339 e. The fourth-order valence-electron chi connectivity index (χ4n) is 1.92. The maximum atomic E-state index is 11.3. The monoisotopic (exact) mass is 330 g/mol. The predicted molar refractivity (Wildman–Crippen MR) is 91.0 cm³/mol. The molecular formula is C15H11ClN4OS. The molecule has 0 aliphatic heterocycles. The molecule has 2 aromatic heterocycles. The van der Waals surface area contributed by atoms with Crippen LogP contribution in [0, 0.1) is 0 Å². The third-order valence-corrected chi connectivity index (χ3v) is 3.93. The number of fused-ring (bicyclic) bond motifs is 1. The summed E-state index contributed by atoms with van der Waals surface area (Å²) in [6.07, 6.45) is 1.22. The number of thiophene rings is 1. The number of benzene rings is 1. The summed E-state index contributed by atoms with van der Waals surface area (Å²) in [5.41, 5.74) is 2.24. The molecular weight excluding hydrogens is 320 g/mol. The van der Waals surface area contributed by atoms with Crippen LogP contribution in [0.3, 0.4) is 0 Å². The Morgan fingerprint density at radius 2 is 2.09 bits per heavy atom. The standard InChI is InChI=1S/C15H11ClN4OS/c1-2-12(21)17-9-4-3-5-10(8-9)18-14-13-11(6-7-22-13)19-15(16)20-14/h2-8H,1H2,(H,17,21)(H,18,19,20). The zero-order valence-electron chi connectivity index (χ0n) is 11.3. The van der Waals surface area contributed by atoms with Gasteiger partial charge in [0.15, 0.2) is 5.82 Å². The SMILES string of the molecule is C=CC(=O)Nc1cccc(Nc2nc(Cl)nc3ccsc23)c1. The van der Waals surface area contributed by atoms with Crippen molar-refractivity contribution in [3.63, 3.8) is 0 Å². The lowest BCUT2D eigenvalue weighted by Crippen LogP contribution is -2.07. The fourth-order valence-corrected chi connectivity index (χ4v) is 2.88. The maximum Gasteiger partial charge on any atom is 0.247 e. The molecule has 0 saturated heterocycles. The molecule has 0 bridgehead atoms. The number of carbonyl (C=O) groups is 1. The second-order valence-electron chi connectivity index (χ2n) is 4.38. The van der Waals surface area contributed by atoms with Gasteiger partial charge in [0.2, 0.25) is 11.2 Å². The van der Waals surface area contributed by atoms with Crippen molar-refractivity contribution < 1.29 is 4.79 Å². The Labute approximate surface area is 135 Å². The van der Waals surface area contributed by atoms with E-state index in [1.54, 1.807) is 12.1 Å². The molecule has 3 rings (SSSR count). The summed E-state index contributed by atoms with van der Waals surface area (Å²) >= 11 is 7.47. The number of nitrogens with zero attached hydrogens (tertiary/aromatic N) is 2. The van der Waals surface area contributed by atoms with Gasteiger partial charge in [0.25, 0.3) is 0 Å². The van der Waals surface area contributed by atoms with E-state index in [2.05, 4.69) is 27.2 Å². The van der Waals surface area contributed by atoms with Crippen molar-refractivity contribution in [1.29, 1.82) is 0 Å². The van der Waals surface area contributed by atoms with Gasteiger partial charge in [-0.05, 0) is 47.3 Å². The van der Waals surface area contributed by atoms with Crippen molar-refractivity contribution in [3.8, 4) is 0 Å². The van der Waals surface area contributed by atoms with Crippen LogP contribution in [-0.4, -0.2) is 15.9 Å². The minimum Gasteiger partial charge on any atom is -0.339 e. The molecule has 0 aliphatic carbocycles. The highest BCUT2D eigenvalue weighted by atomic mass is 35.5. The van der Waals surface area contributed by atoms with Crippen LogP contribution < -0.4 is 10.6 Å². The Balaban J connectivity index is 1.91. The van der Waals surface area contributed by atoms with E-state index in [-0.39, 0.29) is 11.2 Å². The topological polar surface area (TPSA) is 66.9 Å². The second-order valence-corrected chi connectivity index (χ2v) is 5.63. The summed E-state index contributed by atoms with van der Waals surface area (Å²) in [6, 6.07) is 9.19. The molecule has 1 aromatic carbocycles. The molecule has 2 heterocycles. The number of hydrogen-bond acceptors (Lipinski definition) is 5. The van der Waals surface area contributed by atoms with E-state index in [4.69, 9.17) is 11.6 Å². The Morgan fingerprint density at radius 1 is 1.27 bits per heavy atom. The molecule has 2 N–H and O–H groups in total. The highest BCUT2D eigenvalue weighted by Crippen LogP contribution is 2.30. The fraction of sp³-hybridized carbons (Fsp3) is 0. The molecule has 0 saturated carbocycles. The van der Waals surface area contributed by atoms with Gasteiger partial charge < -0.3 is 10.6 Å². The number of amides is 1. The Kier molecular flexibility index (Phi) is 4.04. The minimum absolute atomic E-state index is 0.185. The third-order valence-electron chi connectivity index (χ3n) is 2.85. The van der Waals surface area contributed by atoms with Crippen LogP contribution in [0.5, 0.6) is 0 Å². The first-order valence-corrected chi connectivity index (χ1v) is 7.63. The van der Waals surface area contributed by atoms with Gasteiger partial charge in [-0.15, -0.1) is 11.3 Å². The quantitative estimate of drug-likeness (QED) is 0.555. The van der Waals surface area contributed by atoms with E-state index < -0.39 is 0 Å². The molecule has 5 nitrogen and oxygen atoms in total. The normalized spacial score (nSPS) is 10.4. The highest BCUT2D eigenvalue weighted by molar-refractivity contribution is 7.17. The molecule has 0 atom stereocenters. The van der Waals surface area contributed by atoms with Crippen molar-refractivity contribution in [1.82, 2.24) is 9.97 Å². The lowest BCUT2D eigenvalue weighted by Gasteiger charge is -2.09. The minimum atomic E-state index is -0.261. The lowest BCUT2D eigenvalue weighted by atomic mass is 10.2. The smallest absolute Gasteiger partial charge is 0.247 e. The van der Waals surface area contributed by atoms with Crippen LogP contribution in [0.1, 0.15) is 0 Å². The van der Waals surface area contributed by atoms with E-state index in [9.17, 15) is 4.79 Å². The first-order valence-electron chi connectivity index (χ1n) is 6.37. The number of anilines is 3. The van der Waals surface area contributed by atoms with Gasteiger partial charge in [0.05, 0.1) is 10.2 Å². The van der Waals surface area contributed by atoms with Crippen molar-refractivity contribution in [3.05, 3.63) is 53.7 Å². The maximum absolute atomic E-state index is 11.3. The number of aromatic nitrogens is 2. The number of nitrogens with one attached hydrogen (secondary N) is 2. The van der Waals surface area contributed by atoms with Crippen LogP contribution in [0.4, 0.5) is 17.2 Å². The van der Waals surface area contributed by atoms with Gasteiger partial charge in [-0.2, -0.15) is 4.98 Å². The number of carbonyl (C=O) groups excluding carboxylic acids is 1. The van der Waals surface area contributed by atoms with Crippen molar-refractivity contribution in [2.75, 3.05) is 10.6 Å². The van der Waals surface area contributed by atoms with Crippen molar-refractivity contribution >= 4 is 56.3 Å². The van der Waals surface area contributed by atoms with E-state index in [1.807, 2.05) is 23.6 Å². The highest BCUT2D eigenvalue weighted by Gasteiger charge is 2.08. The third kappa shape index (κ3) is 3.08. The molecule has 7 heteroatoms. The molecule has 1 amide bonds. The van der Waals surface area contributed by atoms with Crippen LogP contribution in [0.25, 0.3) is 10.2 Å². The van der Waals surface area contributed by atoms with Crippen LogP contribution >= 0.6 is 22.9 Å². The van der Waals surface area contributed by atoms with E-state index in [0.717, 1.165) is 15.9 Å². The zero-order chi connectivity index (χ0) is 15.5. The summed E-state index contributed by atoms with van der Waals surface area (Å²) in [5.74, 6) is 0.375. The first-order chi connectivity index (χ1) is 10.7. The van der Waals surface area contributed by atoms with E-state index in [1.165, 1.54) is 17.4 Å².